The van der Waals surface area contributed by atoms with E-state index in [1.54, 1.807) is 37.9 Å². The lowest BCUT2D eigenvalue weighted by atomic mass is 10.2. The fraction of sp³-hybridized carbons (Fsp3) is 0.652. The van der Waals surface area contributed by atoms with Crippen LogP contribution in [0.2, 0.25) is 0 Å². The van der Waals surface area contributed by atoms with E-state index >= 15 is 0 Å². The van der Waals surface area contributed by atoms with Crippen LogP contribution in [0.3, 0.4) is 0 Å². The van der Waals surface area contributed by atoms with Gasteiger partial charge in [-0.3, -0.25) is 9.69 Å². The first kappa shape index (κ1) is 25.6. The van der Waals surface area contributed by atoms with Crippen LogP contribution in [0.15, 0.2) is 18.3 Å². The molecule has 2 heterocycles. The number of hydrogen-bond acceptors (Lipinski definition) is 7. The van der Waals surface area contributed by atoms with E-state index in [2.05, 4.69) is 4.98 Å². The quantitative estimate of drug-likeness (QED) is 0.422. The van der Waals surface area contributed by atoms with E-state index in [-0.39, 0.29) is 25.5 Å². The largest absolute Gasteiger partial charge is 0.462 e. The van der Waals surface area contributed by atoms with Crippen molar-refractivity contribution in [1.29, 1.82) is 0 Å². The SMILES string of the molecule is COCCOC(=O)[C@H]1CCCN1C(=O)CCCN(C(=O)OC(C)(C)C)c1cc(C)ccn1. The summed E-state index contributed by atoms with van der Waals surface area (Å²) in [5, 5.41) is 0. The van der Waals surface area contributed by atoms with Crippen molar-refractivity contribution in [2.24, 2.45) is 0 Å². The van der Waals surface area contributed by atoms with Gasteiger partial charge in [-0.25, -0.2) is 14.6 Å². The molecule has 0 N–H and O–H groups in total. The van der Waals surface area contributed by atoms with Crippen LogP contribution in [0.4, 0.5) is 10.6 Å². The number of anilines is 1. The van der Waals surface area contributed by atoms with E-state index in [4.69, 9.17) is 14.2 Å². The van der Waals surface area contributed by atoms with Gasteiger partial charge in [0, 0.05) is 32.8 Å². The maximum absolute atomic E-state index is 12.8. The zero-order valence-corrected chi connectivity index (χ0v) is 19.8. The number of nitrogens with zero attached hydrogens (tertiary/aromatic N) is 3. The summed E-state index contributed by atoms with van der Waals surface area (Å²) in [5.74, 6) is -0.0442. The number of likely N-dealkylation sites (tertiary alicyclic amines) is 1. The van der Waals surface area contributed by atoms with Gasteiger partial charge in [0.2, 0.25) is 5.91 Å². The Bertz CT molecular complexity index is 792. The van der Waals surface area contributed by atoms with Crippen molar-refractivity contribution in [3.8, 4) is 0 Å². The fourth-order valence-electron chi connectivity index (χ4n) is 3.45. The molecule has 1 aromatic rings. The van der Waals surface area contributed by atoms with Gasteiger partial charge in [-0.2, -0.15) is 0 Å². The highest BCUT2D eigenvalue weighted by Crippen LogP contribution is 2.21. The molecule has 0 aliphatic carbocycles. The number of ether oxygens (including phenoxy) is 3. The van der Waals surface area contributed by atoms with Crippen LogP contribution in [0.25, 0.3) is 0 Å². The summed E-state index contributed by atoms with van der Waals surface area (Å²) in [6, 6.07) is 3.09. The monoisotopic (exact) mass is 449 g/mol. The lowest BCUT2D eigenvalue weighted by Crippen LogP contribution is -2.42. The van der Waals surface area contributed by atoms with Gasteiger partial charge < -0.3 is 19.1 Å². The molecule has 0 unspecified atom stereocenters. The summed E-state index contributed by atoms with van der Waals surface area (Å²) in [5.41, 5.74) is 0.313. The van der Waals surface area contributed by atoms with E-state index in [1.807, 2.05) is 13.0 Å². The third-order valence-corrected chi connectivity index (χ3v) is 4.94. The summed E-state index contributed by atoms with van der Waals surface area (Å²) < 4.78 is 15.6. The molecule has 1 atom stereocenters. The first-order valence-electron chi connectivity index (χ1n) is 11.0. The molecule has 1 saturated heterocycles. The van der Waals surface area contributed by atoms with Crippen molar-refractivity contribution in [2.45, 2.75) is 65.0 Å². The second-order valence-electron chi connectivity index (χ2n) is 8.83. The third-order valence-electron chi connectivity index (χ3n) is 4.94. The number of rotatable bonds is 9. The highest BCUT2D eigenvalue weighted by molar-refractivity contribution is 5.87. The van der Waals surface area contributed by atoms with Gasteiger partial charge in [-0.05, 0) is 64.7 Å². The van der Waals surface area contributed by atoms with Crippen LogP contribution >= 0.6 is 0 Å². The minimum atomic E-state index is -0.652. The average Bonchev–Trinajstić information content (AvgIpc) is 3.20. The van der Waals surface area contributed by atoms with Gasteiger partial charge in [-0.15, -0.1) is 0 Å². The summed E-state index contributed by atoms with van der Waals surface area (Å²) in [4.78, 5) is 45.2. The predicted octanol–water partition coefficient (Wildman–Crippen LogP) is 3.09. The van der Waals surface area contributed by atoms with Crippen LogP contribution in [0, 0.1) is 6.92 Å². The number of aryl methyl sites for hydroxylation is 1. The third kappa shape index (κ3) is 7.78. The van der Waals surface area contributed by atoms with Crippen molar-refractivity contribution in [3.63, 3.8) is 0 Å². The van der Waals surface area contributed by atoms with Gasteiger partial charge >= 0.3 is 12.1 Å². The van der Waals surface area contributed by atoms with E-state index in [9.17, 15) is 14.4 Å². The molecule has 1 fully saturated rings. The summed E-state index contributed by atoms with van der Waals surface area (Å²) in [6.45, 7) is 8.61. The molecule has 2 rings (SSSR count). The molecule has 0 aromatic carbocycles. The van der Waals surface area contributed by atoms with Gasteiger partial charge in [0.05, 0.1) is 6.61 Å². The molecule has 1 aromatic heterocycles. The van der Waals surface area contributed by atoms with Gasteiger partial charge in [0.1, 0.15) is 24.1 Å². The molecule has 1 aliphatic rings. The number of carbonyl (C=O) groups excluding carboxylic acids is 3. The van der Waals surface area contributed by atoms with Crippen molar-refractivity contribution in [3.05, 3.63) is 23.9 Å². The van der Waals surface area contributed by atoms with Crippen molar-refractivity contribution in [2.75, 3.05) is 38.3 Å². The summed E-state index contributed by atoms with van der Waals surface area (Å²) in [6.07, 6.45) is 3.09. The zero-order valence-electron chi connectivity index (χ0n) is 19.8. The second kappa shape index (κ2) is 11.8. The fourth-order valence-corrected chi connectivity index (χ4v) is 3.45. The molecule has 0 radical (unpaired) electrons. The van der Waals surface area contributed by atoms with Crippen molar-refractivity contribution < 1.29 is 28.6 Å². The number of hydrogen-bond donors (Lipinski definition) is 0. The maximum Gasteiger partial charge on any atom is 0.416 e. The highest BCUT2D eigenvalue weighted by Gasteiger charge is 2.35. The van der Waals surface area contributed by atoms with Crippen LogP contribution < -0.4 is 4.90 Å². The Hall–Kier alpha value is -2.68. The summed E-state index contributed by atoms with van der Waals surface area (Å²) >= 11 is 0. The zero-order chi connectivity index (χ0) is 23.7. The first-order valence-corrected chi connectivity index (χ1v) is 11.0. The number of amides is 2. The molecular weight excluding hydrogens is 414 g/mol. The van der Waals surface area contributed by atoms with Crippen LogP contribution in [0.1, 0.15) is 52.0 Å². The van der Waals surface area contributed by atoms with Crippen LogP contribution in [-0.4, -0.2) is 72.9 Å². The molecule has 32 heavy (non-hydrogen) atoms. The van der Waals surface area contributed by atoms with Crippen molar-refractivity contribution >= 4 is 23.8 Å². The minimum Gasteiger partial charge on any atom is -0.462 e. The standard InChI is InChI=1S/C23H35N3O6/c1-17-10-11-24-19(16-17)26(22(29)32-23(2,3)4)13-7-9-20(27)25-12-6-8-18(25)21(28)31-15-14-30-5/h10-11,16,18H,6-9,12-15H2,1-5H3/t18-/m1/s1. The highest BCUT2D eigenvalue weighted by atomic mass is 16.6. The Morgan fingerprint density at radius 2 is 2.00 bits per heavy atom. The number of methoxy groups -OCH3 is 1. The molecule has 0 spiro atoms. The molecule has 178 valence electrons. The average molecular weight is 450 g/mol. The van der Waals surface area contributed by atoms with Crippen LogP contribution in [0.5, 0.6) is 0 Å². The minimum absolute atomic E-state index is 0.127. The Morgan fingerprint density at radius 3 is 2.66 bits per heavy atom. The molecule has 9 nitrogen and oxygen atoms in total. The Balaban J connectivity index is 1.98. The second-order valence-corrected chi connectivity index (χ2v) is 8.83. The molecule has 0 saturated carbocycles. The molecule has 1 aliphatic heterocycles. The Kier molecular flexibility index (Phi) is 9.43. The lowest BCUT2D eigenvalue weighted by Gasteiger charge is -2.27. The summed E-state index contributed by atoms with van der Waals surface area (Å²) in [7, 11) is 1.53. The van der Waals surface area contributed by atoms with Gasteiger partial charge in [0.15, 0.2) is 0 Å². The molecule has 0 bridgehead atoms. The first-order chi connectivity index (χ1) is 15.1. The number of esters is 1. The maximum atomic E-state index is 12.8. The molecule has 2 amide bonds. The van der Waals surface area contributed by atoms with Crippen molar-refractivity contribution in [1.82, 2.24) is 9.88 Å². The number of pyridine rings is 1. The Morgan fingerprint density at radius 1 is 1.25 bits per heavy atom. The smallest absolute Gasteiger partial charge is 0.416 e. The Labute approximate surface area is 190 Å². The van der Waals surface area contributed by atoms with Gasteiger partial charge in [-0.1, -0.05) is 0 Å². The number of aromatic nitrogens is 1. The van der Waals surface area contributed by atoms with E-state index < -0.39 is 23.7 Å². The topological polar surface area (TPSA) is 98.3 Å². The molecule has 9 heteroatoms. The van der Waals surface area contributed by atoms with E-state index in [0.717, 1.165) is 12.0 Å². The normalized spacial score (nSPS) is 16.0. The van der Waals surface area contributed by atoms with Crippen LogP contribution in [-0.2, 0) is 23.8 Å². The number of carbonyl (C=O) groups is 3. The predicted molar refractivity (Wildman–Crippen MR) is 119 cm³/mol. The van der Waals surface area contributed by atoms with Gasteiger partial charge in [0.25, 0.3) is 0 Å². The lowest BCUT2D eigenvalue weighted by molar-refractivity contribution is -0.154. The van der Waals surface area contributed by atoms with E-state index in [1.165, 1.54) is 12.0 Å². The molecular formula is C23H35N3O6. The van der Waals surface area contributed by atoms with E-state index in [0.29, 0.717) is 31.8 Å².